The highest BCUT2D eigenvalue weighted by atomic mass is 79.9. The lowest BCUT2D eigenvalue weighted by Crippen LogP contribution is -2.54. The third-order valence-electron chi connectivity index (χ3n) is 3.24. The number of nitrogens with zero attached hydrogens (tertiary/aromatic N) is 2. The van der Waals surface area contributed by atoms with Crippen LogP contribution in [0.2, 0.25) is 0 Å². The highest BCUT2D eigenvalue weighted by Crippen LogP contribution is 2.12. The van der Waals surface area contributed by atoms with E-state index in [0.717, 1.165) is 4.47 Å². The van der Waals surface area contributed by atoms with E-state index >= 15 is 0 Å². The van der Waals surface area contributed by atoms with Crippen molar-refractivity contribution in [3.05, 3.63) is 34.3 Å². The maximum absolute atomic E-state index is 12.1. The lowest BCUT2D eigenvalue weighted by Gasteiger charge is -2.32. The number of benzene rings is 1. The Hall–Kier alpha value is -1.69. The molecule has 20 heavy (non-hydrogen) atoms. The topological polar surface area (TPSA) is 57.7 Å². The lowest BCUT2D eigenvalue weighted by molar-refractivity contribution is -0.149. The van der Waals surface area contributed by atoms with Gasteiger partial charge in [0.25, 0.3) is 0 Å². The van der Waals surface area contributed by atoms with Gasteiger partial charge < -0.3 is 9.80 Å². The summed E-state index contributed by atoms with van der Waals surface area (Å²) in [6.07, 6.45) is 0. The van der Waals surface area contributed by atoms with Gasteiger partial charge in [-0.15, -0.1) is 0 Å². The highest BCUT2D eigenvalue weighted by Gasteiger charge is 2.30. The fourth-order valence-corrected chi connectivity index (χ4v) is 2.30. The van der Waals surface area contributed by atoms with Gasteiger partial charge in [-0.2, -0.15) is 0 Å². The molecule has 1 heterocycles. The molecule has 0 atom stereocenters. The minimum absolute atomic E-state index is 0.0189. The molecule has 0 spiro atoms. The Morgan fingerprint density at radius 1 is 1.10 bits per heavy atom. The Bertz CT molecular complexity index is 542. The summed E-state index contributed by atoms with van der Waals surface area (Å²) in [7, 11) is 0. The summed E-state index contributed by atoms with van der Waals surface area (Å²) in [4.78, 5) is 38.6. The van der Waals surface area contributed by atoms with Crippen molar-refractivity contribution in [2.24, 2.45) is 0 Å². The Morgan fingerprint density at radius 3 is 2.25 bits per heavy atom. The zero-order valence-electron chi connectivity index (χ0n) is 11.1. The summed E-state index contributed by atoms with van der Waals surface area (Å²) < 4.78 is 0.886. The van der Waals surface area contributed by atoms with Crippen LogP contribution < -0.4 is 0 Å². The number of piperazine rings is 1. The largest absolute Gasteiger partial charge is 0.332 e. The molecule has 0 aliphatic carbocycles. The second-order valence-electron chi connectivity index (χ2n) is 4.59. The third kappa shape index (κ3) is 3.25. The predicted octanol–water partition coefficient (Wildman–Crippen LogP) is 1.32. The minimum Gasteiger partial charge on any atom is -0.332 e. The van der Waals surface area contributed by atoms with Crippen LogP contribution in [0.4, 0.5) is 0 Å². The van der Waals surface area contributed by atoms with E-state index in [1.165, 1.54) is 9.80 Å². The van der Waals surface area contributed by atoms with Gasteiger partial charge in [-0.05, 0) is 19.1 Å². The third-order valence-corrected chi connectivity index (χ3v) is 3.77. The van der Waals surface area contributed by atoms with Gasteiger partial charge in [0, 0.05) is 16.6 Å². The fourth-order valence-electron chi connectivity index (χ4n) is 2.04. The summed E-state index contributed by atoms with van der Waals surface area (Å²) in [5.41, 5.74) is 0.534. The van der Waals surface area contributed by atoms with Crippen LogP contribution in [0.1, 0.15) is 17.3 Å². The number of Topliss-reactive ketones (excluding diaryl/α,β-unsaturated/α-hetero) is 1. The van der Waals surface area contributed by atoms with E-state index < -0.39 is 0 Å². The number of likely N-dealkylation sites (N-methyl/N-ethyl adjacent to an activating group) is 1. The summed E-state index contributed by atoms with van der Waals surface area (Å²) in [5, 5.41) is 0. The molecule has 1 aliphatic heterocycles. The lowest BCUT2D eigenvalue weighted by atomic mass is 10.1. The molecule has 106 valence electrons. The fraction of sp³-hybridized carbons (Fsp3) is 0.357. The van der Waals surface area contributed by atoms with Crippen LogP contribution in [0.25, 0.3) is 0 Å². The molecule has 0 saturated carbocycles. The van der Waals surface area contributed by atoms with Crippen molar-refractivity contribution in [1.82, 2.24) is 9.80 Å². The van der Waals surface area contributed by atoms with Gasteiger partial charge in [0.1, 0.15) is 6.54 Å². The van der Waals surface area contributed by atoms with Crippen molar-refractivity contribution in [2.75, 3.05) is 26.2 Å². The zero-order chi connectivity index (χ0) is 14.7. The molecule has 1 saturated heterocycles. The summed E-state index contributed by atoms with van der Waals surface area (Å²) in [5.74, 6) is -0.462. The number of ketones is 1. The first-order valence-electron chi connectivity index (χ1n) is 6.35. The molecule has 2 amide bonds. The first-order valence-corrected chi connectivity index (χ1v) is 7.15. The van der Waals surface area contributed by atoms with Gasteiger partial charge >= 0.3 is 0 Å². The molecule has 1 aromatic carbocycles. The first-order chi connectivity index (χ1) is 9.51. The van der Waals surface area contributed by atoms with E-state index in [4.69, 9.17) is 0 Å². The van der Waals surface area contributed by atoms with Crippen molar-refractivity contribution in [1.29, 1.82) is 0 Å². The van der Waals surface area contributed by atoms with Crippen LogP contribution in [-0.2, 0) is 9.59 Å². The Morgan fingerprint density at radius 2 is 1.65 bits per heavy atom. The van der Waals surface area contributed by atoms with Crippen LogP contribution in [0.15, 0.2) is 28.7 Å². The standard InChI is InChI=1S/C14H15BrN2O3/c1-2-16-8-14(20)17(9-13(16)19)7-12(18)10-3-5-11(15)6-4-10/h3-6H,2,7-9H2,1H3. The Kier molecular flexibility index (Phi) is 4.54. The SMILES string of the molecule is CCN1CC(=O)N(CC(=O)c2ccc(Br)cc2)CC1=O. The molecule has 1 aromatic rings. The molecule has 0 N–H and O–H groups in total. The Balaban J connectivity index is 2.03. The van der Waals surface area contributed by atoms with Crippen LogP contribution in [-0.4, -0.2) is 53.6 Å². The van der Waals surface area contributed by atoms with Crippen LogP contribution in [0, 0.1) is 0 Å². The van der Waals surface area contributed by atoms with Crippen molar-refractivity contribution >= 4 is 33.5 Å². The molecule has 0 unspecified atom stereocenters. The molecule has 0 aromatic heterocycles. The molecule has 2 rings (SSSR count). The number of hydrogen-bond donors (Lipinski definition) is 0. The monoisotopic (exact) mass is 338 g/mol. The molecule has 1 aliphatic rings. The van der Waals surface area contributed by atoms with E-state index in [-0.39, 0.29) is 37.2 Å². The molecule has 6 heteroatoms. The second-order valence-corrected chi connectivity index (χ2v) is 5.50. The van der Waals surface area contributed by atoms with Gasteiger partial charge in [-0.25, -0.2) is 0 Å². The maximum atomic E-state index is 12.1. The number of carbonyl (C=O) groups is 3. The normalized spacial score (nSPS) is 15.7. The molecular formula is C14H15BrN2O3. The Labute approximate surface area is 125 Å². The number of amides is 2. The van der Waals surface area contributed by atoms with Crippen molar-refractivity contribution in [3.8, 4) is 0 Å². The van der Waals surface area contributed by atoms with Crippen LogP contribution in [0.3, 0.4) is 0 Å². The molecule has 0 radical (unpaired) electrons. The van der Waals surface area contributed by atoms with Crippen molar-refractivity contribution in [2.45, 2.75) is 6.92 Å². The van der Waals surface area contributed by atoms with Gasteiger partial charge in [0.15, 0.2) is 5.78 Å². The average molecular weight is 339 g/mol. The van der Waals surface area contributed by atoms with Crippen LogP contribution in [0.5, 0.6) is 0 Å². The number of rotatable bonds is 4. The van der Waals surface area contributed by atoms with E-state index in [0.29, 0.717) is 12.1 Å². The van der Waals surface area contributed by atoms with E-state index in [1.807, 2.05) is 6.92 Å². The van der Waals surface area contributed by atoms with Crippen LogP contribution >= 0.6 is 15.9 Å². The molecular weight excluding hydrogens is 324 g/mol. The first kappa shape index (κ1) is 14.7. The van der Waals surface area contributed by atoms with E-state index in [9.17, 15) is 14.4 Å². The highest BCUT2D eigenvalue weighted by molar-refractivity contribution is 9.10. The molecule has 0 bridgehead atoms. The molecule has 1 fully saturated rings. The van der Waals surface area contributed by atoms with Crippen molar-refractivity contribution < 1.29 is 14.4 Å². The van der Waals surface area contributed by atoms with Gasteiger partial charge in [-0.3, -0.25) is 14.4 Å². The number of halogens is 1. The van der Waals surface area contributed by atoms with Gasteiger partial charge in [0.05, 0.1) is 13.1 Å². The maximum Gasteiger partial charge on any atom is 0.243 e. The quantitative estimate of drug-likeness (QED) is 0.778. The second kappa shape index (κ2) is 6.17. The van der Waals surface area contributed by atoms with E-state index in [1.54, 1.807) is 24.3 Å². The van der Waals surface area contributed by atoms with Gasteiger partial charge in [0.2, 0.25) is 11.8 Å². The molecule has 5 nitrogen and oxygen atoms in total. The average Bonchev–Trinajstić information content (AvgIpc) is 2.43. The van der Waals surface area contributed by atoms with Crippen molar-refractivity contribution in [3.63, 3.8) is 0 Å². The summed E-state index contributed by atoms with van der Waals surface area (Å²) in [6.45, 7) is 2.33. The van der Waals surface area contributed by atoms with Gasteiger partial charge in [-0.1, -0.05) is 28.1 Å². The summed E-state index contributed by atoms with van der Waals surface area (Å²) >= 11 is 3.30. The predicted molar refractivity (Wildman–Crippen MR) is 77.3 cm³/mol. The number of hydrogen-bond acceptors (Lipinski definition) is 3. The number of carbonyl (C=O) groups excluding carboxylic acids is 3. The zero-order valence-corrected chi connectivity index (χ0v) is 12.7. The van der Waals surface area contributed by atoms with E-state index in [2.05, 4.69) is 15.9 Å². The summed E-state index contributed by atoms with van der Waals surface area (Å²) in [6, 6.07) is 6.94. The smallest absolute Gasteiger partial charge is 0.243 e. The minimum atomic E-state index is -0.183.